The maximum atomic E-state index is 11.1. The lowest BCUT2D eigenvalue weighted by Gasteiger charge is -2.04. The average Bonchev–Trinajstić information content (AvgIpc) is 3.00. The smallest absolute Gasteiger partial charge is 0.375 e. The zero-order chi connectivity index (χ0) is 15.5. The molecule has 2 aromatic carbocycles. The first kappa shape index (κ1) is 14.1. The molecule has 4 nitrogen and oxygen atoms in total. The fourth-order valence-electron chi connectivity index (χ4n) is 2.48. The van der Waals surface area contributed by atoms with E-state index in [1.165, 1.54) is 0 Å². The van der Waals surface area contributed by atoms with Gasteiger partial charge in [-0.25, -0.2) is 4.79 Å². The highest BCUT2D eigenvalue weighted by Crippen LogP contribution is 2.28. The summed E-state index contributed by atoms with van der Waals surface area (Å²) in [6.45, 7) is 1.89. The minimum absolute atomic E-state index is 0.0790. The SMILES string of the molecule is CCc1c(-c2ccc(-c3ccccc3)cc2)noc1C(=O)O. The standard InChI is InChI=1S/C18H15NO3/c1-2-15-16(19-22-17(15)18(20)21)14-10-8-13(9-11-14)12-6-4-3-5-7-12/h3-11H,2H2,1H3,(H,20,21). The third kappa shape index (κ3) is 2.51. The van der Waals surface area contributed by atoms with Gasteiger partial charge in [-0.1, -0.05) is 66.7 Å². The van der Waals surface area contributed by atoms with Crippen LogP contribution in [-0.2, 0) is 6.42 Å². The van der Waals surface area contributed by atoms with E-state index in [2.05, 4.69) is 5.16 Å². The topological polar surface area (TPSA) is 63.3 Å². The van der Waals surface area contributed by atoms with E-state index in [-0.39, 0.29) is 5.76 Å². The van der Waals surface area contributed by atoms with Gasteiger partial charge in [0.15, 0.2) is 0 Å². The molecule has 0 radical (unpaired) electrons. The Morgan fingerprint density at radius 2 is 1.59 bits per heavy atom. The van der Waals surface area contributed by atoms with Crippen LogP contribution in [0.3, 0.4) is 0 Å². The molecule has 22 heavy (non-hydrogen) atoms. The number of aromatic nitrogens is 1. The van der Waals surface area contributed by atoms with Gasteiger partial charge in [0.25, 0.3) is 0 Å². The van der Waals surface area contributed by atoms with Crippen molar-refractivity contribution in [3.8, 4) is 22.4 Å². The molecule has 0 aliphatic rings. The maximum Gasteiger partial charge on any atom is 0.375 e. The monoisotopic (exact) mass is 293 g/mol. The number of carboxylic acids is 1. The van der Waals surface area contributed by atoms with Crippen LogP contribution in [0.4, 0.5) is 0 Å². The molecule has 0 bridgehead atoms. The number of carbonyl (C=O) groups is 1. The van der Waals surface area contributed by atoms with Crippen LogP contribution in [0.1, 0.15) is 23.0 Å². The van der Waals surface area contributed by atoms with E-state index in [0.29, 0.717) is 17.7 Å². The highest BCUT2D eigenvalue weighted by molar-refractivity contribution is 5.88. The van der Waals surface area contributed by atoms with E-state index in [4.69, 9.17) is 9.63 Å². The van der Waals surface area contributed by atoms with E-state index < -0.39 is 5.97 Å². The van der Waals surface area contributed by atoms with E-state index in [1.807, 2.05) is 61.5 Å². The number of nitrogens with zero attached hydrogens (tertiary/aromatic N) is 1. The number of benzene rings is 2. The molecule has 0 unspecified atom stereocenters. The van der Waals surface area contributed by atoms with Crippen molar-refractivity contribution in [1.29, 1.82) is 0 Å². The highest BCUT2D eigenvalue weighted by Gasteiger charge is 2.21. The lowest BCUT2D eigenvalue weighted by Crippen LogP contribution is -1.98. The van der Waals surface area contributed by atoms with Gasteiger partial charge >= 0.3 is 5.97 Å². The van der Waals surface area contributed by atoms with Gasteiger partial charge in [0, 0.05) is 11.1 Å². The lowest BCUT2D eigenvalue weighted by atomic mass is 10.00. The molecular weight excluding hydrogens is 278 g/mol. The van der Waals surface area contributed by atoms with Gasteiger partial charge in [-0.15, -0.1) is 0 Å². The van der Waals surface area contributed by atoms with E-state index in [0.717, 1.165) is 16.7 Å². The predicted octanol–water partition coefficient (Wildman–Crippen LogP) is 4.27. The zero-order valence-electron chi connectivity index (χ0n) is 12.1. The van der Waals surface area contributed by atoms with E-state index in [1.54, 1.807) is 0 Å². The number of aromatic carboxylic acids is 1. The number of hydrogen-bond donors (Lipinski definition) is 1. The van der Waals surface area contributed by atoms with Gasteiger partial charge in [0.2, 0.25) is 5.76 Å². The molecule has 0 aliphatic heterocycles. The Labute approximate surface area is 128 Å². The first-order valence-electron chi connectivity index (χ1n) is 7.08. The summed E-state index contributed by atoms with van der Waals surface area (Å²) < 4.78 is 4.97. The van der Waals surface area contributed by atoms with Gasteiger partial charge in [0.1, 0.15) is 5.69 Å². The number of hydrogen-bond acceptors (Lipinski definition) is 3. The van der Waals surface area contributed by atoms with Gasteiger partial charge < -0.3 is 9.63 Å². The Bertz CT molecular complexity index is 789. The molecule has 0 atom stereocenters. The lowest BCUT2D eigenvalue weighted by molar-refractivity contribution is 0.0650. The van der Waals surface area contributed by atoms with Crippen LogP contribution in [0.25, 0.3) is 22.4 Å². The molecule has 3 rings (SSSR count). The molecule has 4 heteroatoms. The molecule has 3 aromatic rings. The van der Waals surface area contributed by atoms with Gasteiger partial charge in [-0.05, 0) is 17.5 Å². The second-order valence-electron chi connectivity index (χ2n) is 4.94. The van der Waals surface area contributed by atoms with Crippen molar-refractivity contribution < 1.29 is 14.4 Å². The summed E-state index contributed by atoms with van der Waals surface area (Å²) in [6.07, 6.45) is 0.556. The Balaban J connectivity index is 1.99. The number of carboxylic acid groups (broad SMARTS) is 1. The maximum absolute atomic E-state index is 11.1. The summed E-state index contributed by atoms with van der Waals surface area (Å²) in [4.78, 5) is 11.1. The first-order chi connectivity index (χ1) is 10.7. The third-order valence-corrected chi connectivity index (χ3v) is 3.60. The molecular formula is C18H15NO3. The van der Waals surface area contributed by atoms with Crippen molar-refractivity contribution in [2.24, 2.45) is 0 Å². The fourth-order valence-corrected chi connectivity index (χ4v) is 2.48. The molecule has 0 fully saturated rings. The van der Waals surface area contributed by atoms with Crippen molar-refractivity contribution in [3.05, 3.63) is 65.9 Å². The molecule has 0 saturated carbocycles. The second kappa shape index (κ2) is 5.85. The molecule has 0 amide bonds. The molecule has 1 aromatic heterocycles. The average molecular weight is 293 g/mol. The van der Waals surface area contributed by atoms with Crippen molar-refractivity contribution in [2.75, 3.05) is 0 Å². The summed E-state index contributed by atoms with van der Waals surface area (Å²) in [5.74, 6) is -1.17. The minimum atomic E-state index is -1.09. The van der Waals surface area contributed by atoms with Crippen molar-refractivity contribution in [2.45, 2.75) is 13.3 Å². The summed E-state index contributed by atoms with van der Waals surface area (Å²) in [5, 5.41) is 13.0. The van der Waals surface area contributed by atoms with Crippen LogP contribution >= 0.6 is 0 Å². The molecule has 0 aliphatic carbocycles. The third-order valence-electron chi connectivity index (χ3n) is 3.60. The molecule has 1 heterocycles. The molecule has 1 N–H and O–H groups in total. The number of rotatable bonds is 4. The molecule has 0 spiro atoms. The van der Waals surface area contributed by atoms with Crippen LogP contribution in [0.5, 0.6) is 0 Å². The normalized spacial score (nSPS) is 10.6. The first-order valence-corrected chi connectivity index (χ1v) is 7.08. The van der Waals surface area contributed by atoms with Gasteiger partial charge in [-0.2, -0.15) is 0 Å². The molecule has 0 saturated heterocycles. The van der Waals surface area contributed by atoms with Crippen LogP contribution in [0, 0.1) is 0 Å². The van der Waals surface area contributed by atoms with Gasteiger partial charge in [0.05, 0.1) is 0 Å². The predicted molar refractivity (Wildman–Crippen MR) is 83.7 cm³/mol. The summed E-state index contributed by atoms with van der Waals surface area (Å²) >= 11 is 0. The highest BCUT2D eigenvalue weighted by atomic mass is 16.5. The Morgan fingerprint density at radius 1 is 1.00 bits per heavy atom. The summed E-state index contributed by atoms with van der Waals surface area (Å²) in [6, 6.07) is 17.9. The van der Waals surface area contributed by atoms with Crippen molar-refractivity contribution in [1.82, 2.24) is 5.16 Å². The summed E-state index contributed by atoms with van der Waals surface area (Å²) in [5.41, 5.74) is 4.31. The van der Waals surface area contributed by atoms with Crippen molar-refractivity contribution in [3.63, 3.8) is 0 Å². The van der Waals surface area contributed by atoms with Crippen LogP contribution in [0.2, 0.25) is 0 Å². The Kier molecular flexibility index (Phi) is 3.74. The van der Waals surface area contributed by atoms with Gasteiger partial charge in [-0.3, -0.25) is 0 Å². The van der Waals surface area contributed by atoms with Crippen LogP contribution < -0.4 is 0 Å². The largest absolute Gasteiger partial charge is 0.475 e. The Hall–Kier alpha value is -2.88. The van der Waals surface area contributed by atoms with Crippen molar-refractivity contribution >= 4 is 5.97 Å². The van der Waals surface area contributed by atoms with E-state index >= 15 is 0 Å². The van der Waals surface area contributed by atoms with E-state index in [9.17, 15) is 4.79 Å². The Morgan fingerprint density at radius 3 is 2.18 bits per heavy atom. The zero-order valence-corrected chi connectivity index (χ0v) is 12.1. The second-order valence-corrected chi connectivity index (χ2v) is 4.94. The van der Waals surface area contributed by atoms with Crippen LogP contribution in [0.15, 0.2) is 59.1 Å². The fraction of sp³-hybridized carbons (Fsp3) is 0.111. The molecule has 110 valence electrons. The summed E-state index contributed by atoms with van der Waals surface area (Å²) in [7, 11) is 0. The quantitative estimate of drug-likeness (QED) is 0.780. The minimum Gasteiger partial charge on any atom is -0.475 e. The van der Waals surface area contributed by atoms with Crippen LogP contribution in [-0.4, -0.2) is 16.2 Å².